The maximum atomic E-state index is 11.8. The lowest BCUT2D eigenvalue weighted by molar-refractivity contribution is -0.152. The largest absolute Gasteiger partial charge is 0.463 e. The first-order chi connectivity index (χ1) is 17.6. The highest BCUT2D eigenvalue weighted by molar-refractivity contribution is 5.69. The van der Waals surface area contributed by atoms with Crippen LogP contribution in [-0.4, -0.2) is 36.4 Å². The monoisotopic (exact) mass is 512 g/mol. The standard InChI is InChI=1S/C31H60O5/c1-3-5-7-9-11-13-14-15-16-18-20-22-24-26-31(34)36-28-29(32)27-35-30(33)25-23-21-19-17-12-10-8-6-4-2/h29,32H,3-28H2,1-2H3/t29-/m1/s1. The van der Waals surface area contributed by atoms with E-state index in [2.05, 4.69) is 13.8 Å². The van der Waals surface area contributed by atoms with Gasteiger partial charge in [-0.05, 0) is 12.8 Å². The lowest BCUT2D eigenvalue weighted by Crippen LogP contribution is -2.25. The Hall–Kier alpha value is -1.10. The van der Waals surface area contributed by atoms with Crippen LogP contribution in [0.3, 0.4) is 0 Å². The number of rotatable bonds is 28. The quantitative estimate of drug-likeness (QED) is 0.0837. The second-order valence-corrected chi connectivity index (χ2v) is 10.6. The summed E-state index contributed by atoms with van der Waals surface area (Å²) in [6, 6.07) is 0. The zero-order valence-electron chi connectivity index (χ0n) is 24.0. The van der Waals surface area contributed by atoms with Crippen molar-refractivity contribution in [3.8, 4) is 0 Å². The molecule has 0 aromatic rings. The van der Waals surface area contributed by atoms with E-state index in [1.165, 1.54) is 109 Å². The molecule has 0 fully saturated rings. The van der Waals surface area contributed by atoms with Crippen molar-refractivity contribution >= 4 is 11.9 Å². The molecule has 0 saturated heterocycles. The van der Waals surface area contributed by atoms with Gasteiger partial charge < -0.3 is 14.6 Å². The number of hydrogen-bond donors (Lipinski definition) is 1. The number of esters is 2. The predicted molar refractivity (Wildman–Crippen MR) is 150 cm³/mol. The van der Waals surface area contributed by atoms with Crippen LogP contribution in [0.15, 0.2) is 0 Å². The summed E-state index contributed by atoms with van der Waals surface area (Å²) in [5.74, 6) is -0.562. The lowest BCUT2D eigenvalue weighted by atomic mass is 10.0. The van der Waals surface area contributed by atoms with E-state index in [1.54, 1.807) is 0 Å². The predicted octanol–water partition coefficient (Wildman–Crippen LogP) is 8.84. The Balaban J connectivity index is 3.41. The van der Waals surface area contributed by atoms with Crippen LogP contribution in [0, 0.1) is 0 Å². The number of carbonyl (C=O) groups is 2. The highest BCUT2D eigenvalue weighted by Crippen LogP contribution is 2.13. The summed E-state index contributed by atoms with van der Waals surface area (Å²) < 4.78 is 10.2. The van der Waals surface area contributed by atoms with E-state index in [1.807, 2.05) is 0 Å². The van der Waals surface area contributed by atoms with E-state index >= 15 is 0 Å². The average Bonchev–Trinajstić information content (AvgIpc) is 2.88. The van der Waals surface area contributed by atoms with Crippen LogP contribution in [0.2, 0.25) is 0 Å². The fourth-order valence-corrected chi connectivity index (χ4v) is 4.44. The van der Waals surface area contributed by atoms with Crippen molar-refractivity contribution in [2.24, 2.45) is 0 Å². The molecular weight excluding hydrogens is 452 g/mol. The molecule has 0 saturated carbocycles. The molecule has 0 aliphatic heterocycles. The molecule has 0 aromatic heterocycles. The SMILES string of the molecule is CCCCCCCCCCCCCCCC(=O)OC[C@H](O)COC(=O)CCCCCCCCCCC. The number of hydrogen-bond acceptors (Lipinski definition) is 5. The molecule has 0 aliphatic rings. The average molecular weight is 513 g/mol. The molecule has 0 rings (SSSR count). The fraction of sp³-hybridized carbons (Fsp3) is 0.935. The number of ether oxygens (including phenoxy) is 2. The Morgan fingerprint density at radius 1 is 0.472 bits per heavy atom. The molecule has 0 aromatic carbocycles. The van der Waals surface area contributed by atoms with Gasteiger partial charge in [-0.25, -0.2) is 0 Å². The third kappa shape index (κ3) is 27.5. The maximum Gasteiger partial charge on any atom is 0.305 e. The van der Waals surface area contributed by atoms with Gasteiger partial charge in [0.15, 0.2) is 0 Å². The summed E-state index contributed by atoms with van der Waals surface area (Å²) in [5.41, 5.74) is 0. The van der Waals surface area contributed by atoms with Crippen molar-refractivity contribution in [1.29, 1.82) is 0 Å². The highest BCUT2D eigenvalue weighted by atomic mass is 16.6. The second kappa shape index (κ2) is 28.5. The maximum absolute atomic E-state index is 11.8. The van der Waals surface area contributed by atoms with Gasteiger partial charge in [0.2, 0.25) is 0 Å². The van der Waals surface area contributed by atoms with Gasteiger partial charge in [0.05, 0.1) is 0 Å². The molecule has 0 radical (unpaired) electrons. The minimum Gasteiger partial charge on any atom is -0.463 e. The Morgan fingerprint density at radius 2 is 0.722 bits per heavy atom. The van der Waals surface area contributed by atoms with Crippen molar-refractivity contribution in [2.75, 3.05) is 13.2 Å². The van der Waals surface area contributed by atoms with E-state index < -0.39 is 6.10 Å². The first kappa shape index (κ1) is 34.9. The summed E-state index contributed by atoms with van der Waals surface area (Å²) >= 11 is 0. The van der Waals surface area contributed by atoms with Crippen LogP contribution >= 0.6 is 0 Å². The zero-order chi connectivity index (χ0) is 26.5. The van der Waals surface area contributed by atoms with Crippen molar-refractivity contribution in [1.82, 2.24) is 0 Å². The van der Waals surface area contributed by atoms with Crippen LogP contribution in [-0.2, 0) is 19.1 Å². The van der Waals surface area contributed by atoms with Crippen LogP contribution in [0.25, 0.3) is 0 Å². The van der Waals surface area contributed by atoms with Gasteiger partial charge >= 0.3 is 11.9 Å². The Morgan fingerprint density at radius 3 is 1.00 bits per heavy atom. The second-order valence-electron chi connectivity index (χ2n) is 10.6. The van der Waals surface area contributed by atoms with Gasteiger partial charge in [0, 0.05) is 12.8 Å². The fourth-order valence-electron chi connectivity index (χ4n) is 4.44. The molecular formula is C31H60O5. The van der Waals surface area contributed by atoms with Gasteiger partial charge in [-0.3, -0.25) is 9.59 Å². The van der Waals surface area contributed by atoms with E-state index in [-0.39, 0.29) is 25.2 Å². The van der Waals surface area contributed by atoms with Crippen molar-refractivity contribution in [2.45, 2.75) is 174 Å². The Kier molecular flexibility index (Phi) is 27.6. The molecule has 0 amide bonds. The van der Waals surface area contributed by atoms with Gasteiger partial charge in [-0.1, -0.05) is 142 Å². The third-order valence-corrected chi connectivity index (χ3v) is 6.84. The summed E-state index contributed by atoms with van der Waals surface area (Å²) in [6.45, 7) is 4.27. The van der Waals surface area contributed by atoms with E-state index in [0.29, 0.717) is 12.8 Å². The van der Waals surface area contributed by atoms with Crippen LogP contribution < -0.4 is 0 Å². The molecule has 0 bridgehead atoms. The van der Waals surface area contributed by atoms with Crippen molar-refractivity contribution in [3.05, 3.63) is 0 Å². The zero-order valence-corrected chi connectivity index (χ0v) is 24.0. The molecule has 1 N–H and O–H groups in total. The van der Waals surface area contributed by atoms with Gasteiger partial charge in [0.1, 0.15) is 19.3 Å². The molecule has 0 heterocycles. The van der Waals surface area contributed by atoms with Gasteiger partial charge in [-0.15, -0.1) is 0 Å². The van der Waals surface area contributed by atoms with Gasteiger partial charge in [0.25, 0.3) is 0 Å². The number of carbonyl (C=O) groups excluding carboxylic acids is 2. The Bertz CT molecular complexity index is 480. The number of aliphatic hydroxyl groups is 1. The topological polar surface area (TPSA) is 72.8 Å². The van der Waals surface area contributed by atoms with Crippen LogP contribution in [0.1, 0.15) is 168 Å². The third-order valence-electron chi connectivity index (χ3n) is 6.84. The van der Waals surface area contributed by atoms with Gasteiger partial charge in [-0.2, -0.15) is 0 Å². The smallest absolute Gasteiger partial charge is 0.305 e. The number of unbranched alkanes of at least 4 members (excludes halogenated alkanes) is 20. The molecule has 5 heteroatoms. The molecule has 0 spiro atoms. The summed E-state index contributed by atoms with van der Waals surface area (Å²) in [7, 11) is 0. The van der Waals surface area contributed by atoms with Crippen molar-refractivity contribution in [3.63, 3.8) is 0 Å². The first-order valence-corrected chi connectivity index (χ1v) is 15.6. The molecule has 5 nitrogen and oxygen atoms in total. The minimum absolute atomic E-state index is 0.109. The summed E-state index contributed by atoms with van der Waals surface area (Å²) in [5, 5.41) is 9.91. The Labute approximate surface area is 223 Å². The van der Waals surface area contributed by atoms with Crippen molar-refractivity contribution < 1.29 is 24.2 Å². The molecule has 0 unspecified atom stereocenters. The molecule has 1 atom stereocenters. The van der Waals surface area contributed by atoms with E-state index in [0.717, 1.165) is 32.1 Å². The minimum atomic E-state index is -0.951. The molecule has 214 valence electrons. The summed E-state index contributed by atoms with van der Waals surface area (Å²) in [4.78, 5) is 23.6. The normalized spacial score (nSPS) is 12.0. The van der Waals surface area contributed by atoms with Crippen LogP contribution in [0.5, 0.6) is 0 Å². The molecule has 0 aliphatic carbocycles. The van der Waals surface area contributed by atoms with E-state index in [9.17, 15) is 14.7 Å². The number of aliphatic hydroxyl groups excluding tert-OH is 1. The first-order valence-electron chi connectivity index (χ1n) is 15.6. The highest BCUT2D eigenvalue weighted by Gasteiger charge is 2.12. The molecule has 36 heavy (non-hydrogen) atoms. The van der Waals surface area contributed by atoms with E-state index in [4.69, 9.17) is 9.47 Å². The lowest BCUT2D eigenvalue weighted by Gasteiger charge is -2.12. The van der Waals surface area contributed by atoms with Crippen LogP contribution in [0.4, 0.5) is 0 Å². The summed E-state index contributed by atoms with van der Waals surface area (Å²) in [6.07, 6.45) is 27.2.